The van der Waals surface area contributed by atoms with Crippen molar-refractivity contribution < 1.29 is 14.3 Å². The van der Waals surface area contributed by atoms with Crippen molar-refractivity contribution in [3.63, 3.8) is 0 Å². The Bertz CT molecular complexity index is 905. The Kier molecular flexibility index (Phi) is 3.53. The quantitative estimate of drug-likeness (QED) is 0.705. The highest BCUT2D eigenvalue weighted by atomic mass is 16.5. The van der Waals surface area contributed by atoms with Gasteiger partial charge in [0.25, 0.3) is 0 Å². The normalized spacial score (nSPS) is 10.7. The van der Waals surface area contributed by atoms with E-state index >= 15 is 0 Å². The molecule has 0 bridgehead atoms. The molecular weight excluding hydrogens is 300 g/mol. The molecule has 9 heteroatoms. The number of methoxy groups -OCH3 is 2. The lowest BCUT2D eigenvalue weighted by molar-refractivity contribution is 0.0595. The largest absolute Gasteiger partial charge is 0.479 e. The molecule has 0 saturated heterocycles. The highest BCUT2D eigenvalue weighted by Gasteiger charge is 2.22. The molecule has 9 nitrogen and oxygen atoms in total. The number of nitrogens with two attached hydrogens (primary N) is 1. The number of esters is 1. The van der Waals surface area contributed by atoms with Crippen molar-refractivity contribution in [1.29, 1.82) is 0 Å². The number of carbonyl (C=O) groups excluding carboxylic acids is 1. The predicted octanol–water partition coefficient (Wildman–Crippen LogP) is 0.803. The van der Waals surface area contributed by atoms with Crippen molar-refractivity contribution in [3.05, 3.63) is 24.4 Å². The van der Waals surface area contributed by atoms with Crippen LogP contribution in [0.15, 0.2) is 18.7 Å². The van der Waals surface area contributed by atoms with Gasteiger partial charge in [-0.2, -0.15) is 4.98 Å². The van der Waals surface area contributed by atoms with Crippen molar-refractivity contribution in [2.45, 2.75) is 0 Å². The third-order valence-electron chi connectivity index (χ3n) is 3.36. The summed E-state index contributed by atoms with van der Waals surface area (Å²) in [5.74, 6) is -0.575. The summed E-state index contributed by atoms with van der Waals surface area (Å²) in [4.78, 5) is 28.7. The third kappa shape index (κ3) is 2.31. The van der Waals surface area contributed by atoms with E-state index in [9.17, 15) is 4.79 Å². The molecule has 0 atom stereocenters. The van der Waals surface area contributed by atoms with Crippen molar-refractivity contribution in [3.8, 4) is 17.1 Å². The average Bonchev–Trinajstić information content (AvgIpc) is 2.95. The van der Waals surface area contributed by atoms with Crippen LogP contribution in [0.25, 0.3) is 22.3 Å². The van der Waals surface area contributed by atoms with Gasteiger partial charge < -0.3 is 19.8 Å². The topological polar surface area (TPSA) is 118 Å². The molecule has 3 heterocycles. The minimum Gasteiger partial charge on any atom is -0.479 e. The van der Waals surface area contributed by atoms with Gasteiger partial charge in [-0.05, 0) is 0 Å². The molecule has 0 aliphatic carbocycles. The summed E-state index contributed by atoms with van der Waals surface area (Å²) >= 11 is 0. The molecule has 0 aliphatic rings. The van der Waals surface area contributed by atoms with Crippen molar-refractivity contribution in [1.82, 2.24) is 24.5 Å². The van der Waals surface area contributed by atoms with Gasteiger partial charge in [-0.15, -0.1) is 0 Å². The van der Waals surface area contributed by atoms with Gasteiger partial charge in [-0.1, -0.05) is 0 Å². The van der Waals surface area contributed by atoms with Crippen LogP contribution in [0.3, 0.4) is 0 Å². The lowest BCUT2D eigenvalue weighted by Crippen LogP contribution is -2.12. The van der Waals surface area contributed by atoms with E-state index in [1.165, 1.54) is 14.2 Å². The van der Waals surface area contributed by atoms with Crippen molar-refractivity contribution in [2.24, 2.45) is 7.05 Å². The van der Waals surface area contributed by atoms with Gasteiger partial charge in [0.2, 0.25) is 5.88 Å². The summed E-state index contributed by atoms with van der Waals surface area (Å²) in [5, 5.41) is 0. The Labute approximate surface area is 131 Å². The smallest absolute Gasteiger partial charge is 0.360 e. The number of fused-ring (bicyclic) bond motifs is 1. The zero-order valence-corrected chi connectivity index (χ0v) is 12.8. The molecule has 0 aliphatic heterocycles. The fraction of sp³-hybridized carbons (Fsp3) is 0.214. The number of pyridine rings is 1. The number of aromatic nitrogens is 5. The van der Waals surface area contributed by atoms with Gasteiger partial charge in [0.05, 0.1) is 37.8 Å². The first-order valence-electron chi connectivity index (χ1n) is 6.62. The molecule has 0 spiro atoms. The number of hydrogen-bond donors (Lipinski definition) is 1. The van der Waals surface area contributed by atoms with Gasteiger partial charge in [-0.25, -0.2) is 14.8 Å². The zero-order chi connectivity index (χ0) is 16.6. The Morgan fingerprint density at radius 3 is 2.74 bits per heavy atom. The Hall–Kier alpha value is -3.23. The fourth-order valence-corrected chi connectivity index (χ4v) is 2.21. The number of hydrogen-bond acceptors (Lipinski definition) is 8. The molecule has 3 rings (SSSR count). The molecule has 2 N–H and O–H groups in total. The fourth-order valence-electron chi connectivity index (χ4n) is 2.21. The second-order valence-electron chi connectivity index (χ2n) is 4.72. The van der Waals surface area contributed by atoms with Crippen LogP contribution in [0.1, 0.15) is 10.5 Å². The number of nitrogens with zero attached hydrogens (tertiary/aromatic N) is 5. The number of rotatable bonds is 3. The first-order valence-corrected chi connectivity index (χ1v) is 6.62. The lowest BCUT2D eigenvalue weighted by atomic mass is 10.1. The molecule has 0 unspecified atom stereocenters. The van der Waals surface area contributed by atoms with Crippen LogP contribution >= 0.6 is 0 Å². The van der Waals surface area contributed by atoms with E-state index in [0.29, 0.717) is 16.8 Å². The second kappa shape index (κ2) is 5.52. The van der Waals surface area contributed by atoms with Crippen LogP contribution in [-0.2, 0) is 11.8 Å². The summed E-state index contributed by atoms with van der Waals surface area (Å²) in [6.07, 6.45) is 4.93. The molecule has 0 radical (unpaired) electrons. The van der Waals surface area contributed by atoms with Gasteiger partial charge in [0.15, 0.2) is 11.5 Å². The highest BCUT2D eigenvalue weighted by Crippen LogP contribution is 2.32. The standard InChI is InChI=1S/C14H14N6O3/c1-20-6-17-9-7(4-16-5-8(9)20)10-13(22-2)19-12(15)11(18-10)14(21)23-3/h4-6H,1-3H3,(H2,15,19). The van der Waals surface area contributed by atoms with E-state index in [2.05, 4.69) is 24.7 Å². The summed E-state index contributed by atoms with van der Waals surface area (Å²) in [6, 6.07) is 0. The van der Waals surface area contributed by atoms with Gasteiger partial charge in [0.1, 0.15) is 11.2 Å². The van der Waals surface area contributed by atoms with Crippen LogP contribution in [0.2, 0.25) is 0 Å². The van der Waals surface area contributed by atoms with Gasteiger partial charge in [-0.3, -0.25) is 4.98 Å². The number of aryl methyl sites for hydroxylation is 1. The molecule has 0 amide bonds. The Morgan fingerprint density at radius 1 is 1.26 bits per heavy atom. The molecule has 3 aromatic heterocycles. The minimum absolute atomic E-state index is 0.0707. The maximum Gasteiger partial charge on any atom is 0.360 e. The van der Waals surface area contributed by atoms with E-state index in [-0.39, 0.29) is 17.4 Å². The molecule has 23 heavy (non-hydrogen) atoms. The van der Waals surface area contributed by atoms with Crippen LogP contribution in [-0.4, -0.2) is 44.7 Å². The highest BCUT2D eigenvalue weighted by molar-refractivity contribution is 5.95. The van der Waals surface area contributed by atoms with Gasteiger partial charge >= 0.3 is 5.97 Å². The number of imidazole rings is 1. The monoisotopic (exact) mass is 314 g/mol. The van der Waals surface area contributed by atoms with Crippen LogP contribution < -0.4 is 10.5 Å². The summed E-state index contributed by atoms with van der Waals surface area (Å²) in [7, 11) is 4.54. The summed E-state index contributed by atoms with van der Waals surface area (Å²) < 4.78 is 11.7. The first-order chi connectivity index (χ1) is 11.1. The maximum atomic E-state index is 11.8. The van der Waals surface area contributed by atoms with Crippen molar-refractivity contribution >= 4 is 22.8 Å². The zero-order valence-electron chi connectivity index (χ0n) is 12.8. The van der Waals surface area contributed by atoms with E-state index in [4.69, 9.17) is 10.5 Å². The van der Waals surface area contributed by atoms with E-state index in [1.807, 2.05) is 11.6 Å². The van der Waals surface area contributed by atoms with Crippen LogP contribution in [0.4, 0.5) is 5.82 Å². The Balaban J connectivity index is 2.31. The van der Waals surface area contributed by atoms with E-state index < -0.39 is 5.97 Å². The summed E-state index contributed by atoms with van der Waals surface area (Å²) in [6.45, 7) is 0. The Morgan fingerprint density at radius 2 is 2.04 bits per heavy atom. The number of anilines is 1. The predicted molar refractivity (Wildman–Crippen MR) is 81.8 cm³/mol. The van der Waals surface area contributed by atoms with Crippen LogP contribution in [0.5, 0.6) is 5.88 Å². The van der Waals surface area contributed by atoms with Crippen LogP contribution in [0, 0.1) is 0 Å². The molecule has 0 saturated carbocycles. The second-order valence-corrected chi connectivity index (χ2v) is 4.72. The lowest BCUT2D eigenvalue weighted by Gasteiger charge is -2.10. The third-order valence-corrected chi connectivity index (χ3v) is 3.36. The minimum atomic E-state index is -0.681. The molecule has 3 aromatic rings. The van der Waals surface area contributed by atoms with E-state index in [1.54, 1.807) is 18.7 Å². The molecular formula is C14H14N6O3. The number of ether oxygens (including phenoxy) is 2. The number of carbonyl (C=O) groups is 1. The van der Waals surface area contributed by atoms with Crippen molar-refractivity contribution in [2.75, 3.05) is 20.0 Å². The number of nitrogen functional groups attached to an aromatic ring is 1. The molecule has 118 valence electrons. The summed E-state index contributed by atoms with van der Waals surface area (Å²) in [5.41, 5.74) is 8.03. The SMILES string of the molecule is COC(=O)c1nc(-c2cncc3c2ncn3C)c(OC)nc1N. The molecule has 0 aromatic carbocycles. The first kappa shape index (κ1) is 14.7. The van der Waals surface area contributed by atoms with E-state index in [0.717, 1.165) is 5.52 Å². The van der Waals surface area contributed by atoms with Gasteiger partial charge in [0, 0.05) is 13.2 Å². The maximum absolute atomic E-state index is 11.8. The average molecular weight is 314 g/mol. The molecule has 0 fully saturated rings.